The number of amidine groups is 1. The molecule has 1 aromatic carbocycles. The van der Waals surface area contributed by atoms with E-state index in [-0.39, 0.29) is 0 Å². The molecular weight excluding hydrogens is 212 g/mol. The molecule has 17 heavy (non-hydrogen) atoms. The Morgan fingerprint density at radius 2 is 2.29 bits per heavy atom. The van der Waals surface area contributed by atoms with Gasteiger partial charge >= 0.3 is 0 Å². The Morgan fingerprint density at radius 3 is 3.00 bits per heavy atom. The molecule has 2 rings (SSSR count). The molecule has 0 fully saturated rings. The number of hydrogen-bond acceptors (Lipinski definition) is 3. The van der Waals surface area contributed by atoms with E-state index in [1.807, 2.05) is 38.2 Å². The summed E-state index contributed by atoms with van der Waals surface area (Å²) in [5, 5.41) is 10.2. The van der Waals surface area contributed by atoms with Gasteiger partial charge in [-0.15, -0.1) is 0 Å². The van der Waals surface area contributed by atoms with Crippen molar-refractivity contribution in [3.05, 3.63) is 35.4 Å². The summed E-state index contributed by atoms with van der Waals surface area (Å²) in [6.45, 7) is 3.97. The van der Waals surface area contributed by atoms with Gasteiger partial charge in [0, 0.05) is 26.6 Å². The molecule has 1 aromatic rings. The lowest BCUT2D eigenvalue weighted by Crippen LogP contribution is -2.33. The fourth-order valence-corrected chi connectivity index (χ4v) is 2.15. The predicted molar refractivity (Wildman–Crippen MR) is 70.3 cm³/mol. The van der Waals surface area contributed by atoms with Gasteiger partial charge in [0.1, 0.15) is 5.84 Å². The van der Waals surface area contributed by atoms with E-state index in [1.165, 1.54) is 5.56 Å². The van der Waals surface area contributed by atoms with Gasteiger partial charge in [-0.2, -0.15) is 0 Å². The molecule has 0 radical (unpaired) electrons. The highest BCUT2D eigenvalue weighted by Crippen LogP contribution is 2.20. The summed E-state index contributed by atoms with van der Waals surface area (Å²) in [5.41, 5.74) is 2.16. The molecule has 1 atom stereocenters. The van der Waals surface area contributed by atoms with Gasteiger partial charge in [0.25, 0.3) is 0 Å². The van der Waals surface area contributed by atoms with E-state index < -0.39 is 6.10 Å². The van der Waals surface area contributed by atoms with Gasteiger partial charge in [-0.05, 0) is 18.9 Å². The van der Waals surface area contributed by atoms with Crippen molar-refractivity contribution in [2.75, 3.05) is 20.1 Å². The van der Waals surface area contributed by atoms with Crippen LogP contribution in [-0.4, -0.2) is 36.0 Å². The highest BCUT2D eigenvalue weighted by Gasteiger charge is 2.16. The first-order valence-corrected chi connectivity index (χ1v) is 6.16. The molecule has 0 bridgehead atoms. The molecule has 0 saturated carbocycles. The van der Waals surface area contributed by atoms with Crippen LogP contribution in [0.4, 0.5) is 0 Å². The molecule has 1 N–H and O–H groups in total. The lowest BCUT2D eigenvalue weighted by molar-refractivity contribution is 0.181. The van der Waals surface area contributed by atoms with Crippen molar-refractivity contribution in [2.24, 2.45) is 4.99 Å². The summed E-state index contributed by atoms with van der Waals surface area (Å²) >= 11 is 0. The third kappa shape index (κ3) is 3.07. The Bertz CT molecular complexity index is 414. The largest absolute Gasteiger partial charge is 0.388 e. The third-order valence-corrected chi connectivity index (χ3v) is 3.19. The fraction of sp³-hybridized carbons (Fsp3) is 0.500. The number of aryl methyl sites for hydroxylation is 1. The Labute approximate surface area is 103 Å². The summed E-state index contributed by atoms with van der Waals surface area (Å²) in [6.07, 6.45) is 1.27. The van der Waals surface area contributed by atoms with E-state index in [2.05, 4.69) is 9.89 Å². The van der Waals surface area contributed by atoms with Crippen LogP contribution in [-0.2, 0) is 0 Å². The van der Waals surface area contributed by atoms with Crippen LogP contribution in [0, 0.1) is 6.92 Å². The van der Waals surface area contributed by atoms with Gasteiger partial charge in [0.15, 0.2) is 0 Å². The Morgan fingerprint density at radius 1 is 1.47 bits per heavy atom. The lowest BCUT2D eigenvalue weighted by Gasteiger charge is -2.26. The average molecular weight is 232 g/mol. The van der Waals surface area contributed by atoms with Crippen LogP contribution in [0.25, 0.3) is 0 Å². The highest BCUT2D eigenvalue weighted by molar-refractivity contribution is 5.83. The van der Waals surface area contributed by atoms with E-state index >= 15 is 0 Å². The average Bonchev–Trinajstić information content (AvgIpc) is 2.32. The molecule has 0 aliphatic carbocycles. The van der Waals surface area contributed by atoms with Crippen molar-refractivity contribution in [1.29, 1.82) is 0 Å². The number of rotatable bonds is 3. The molecule has 0 amide bonds. The Kier molecular flexibility index (Phi) is 3.79. The van der Waals surface area contributed by atoms with Gasteiger partial charge in [0.05, 0.1) is 6.10 Å². The van der Waals surface area contributed by atoms with E-state index in [1.54, 1.807) is 0 Å². The van der Waals surface area contributed by atoms with Crippen LogP contribution in [0.3, 0.4) is 0 Å². The monoisotopic (exact) mass is 232 g/mol. The highest BCUT2D eigenvalue weighted by atomic mass is 16.3. The van der Waals surface area contributed by atoms with Crippen LogP contribution >= 0.6 is 0 Å². The summed E-state index contributed by atoms with van der Waals surface area (Å²) in [7, 11) is 2.04. The van der Waals surface area contributed by atoms with Crippen molar-refractivity contribution >= 4 is 5.84 Å². The van der Waals surface area contributed by atoms with Crippen molar-refractivity contribution in [3.8, 4) is 0 Å². The smallest absolute Gasteiger partial charge is 0.102 e. The van der Waals surface area contributed by atoms with Crippen molar-refractivity contribution in [3.63, 3.8) is 0 Å². The van der Waals surface area contributed by atoms with Gasteiger partial charge in [-0.25, -0.2) is 0 Å². The number of aliphatic hydroxyl groups is 1. The van der Waals surface area contributed by atoms with E-state index in [0.717, 1.165) is 30.9 Å². The number of nitrogens with zero attached hydrogens (tertiary/aromatic N) is 2. The number of benzene rings is 1. The van der Waals surface area contributed by atoms with E-state index in [0.29, 0.717) is 6.42 Å². The Balaban J connectivity index is 2.06. The molecule has 92 valence electrons. The molecule has 0 spiro atoms. The maximum Gasteiger partial charge on any atom is 0.102 e. The zero-order valence-corrected chi connectivity index (χ0v) is 10.6. The van der Waals surface area contributed by atoms with Crippen molar-refractivity contribution in [2.45, 2.75) is 25.9 Å². The first kappa shape index (κ1) is 12.1. The zero-order valence-electron chi connectivity index (χ0n) is 10.6. The third-order valence-electron chi connectivity index (χ3n) is 3.19. The Hall–Kier alpha value is -1.35. The van der Waals surface area contributed by atoms with Crippen LogP contribution in [0.1, 0.15) is 30.1 Å². The van der Waals surface area contributed by atoms with E-state index in [4.69, 9.17) is 0 Å². The minimum absolute atomic E-state index is 0.450. The second-order valence-electron chi connectivity index (χ2n) is 4.71. The minimum atomic E-state index is -0.450. The number of aliphatic imine (C=N–C) groups is 1. The minimum Gasteiger partial charge on any atom is -0.388 e. The second kappa shape index (κ2) is 5.32. The van der Waals surface area contributed by atoms with Crippen LogP contribution < -0.4 is 0 Å². The quantitative estimate of drug-likeness (QED) is 0.866. The maximum absolute atomic E-state index is 10.2. The van der Waals surface area contributed by atoms with Gasteiger partial charge in [-0.3, -0.25) is 4.99 Å². The van der Waals surface area contributed by atoms with Crippen molar-refractivity contribution < 1.29 is 5.11 Å². The maximum atomic E-state index is 10.2. The topological polar surface area (TPSA) is 35.8 Å². The van der Waals surface area contributed by atoms with Crippen molar-refractivity contribution in [1.82, 2.24) is 4.90 Å². The first-order chi connectivity index (χ1) is 8.16. The molecule has 1 heterocycles. The zero-order chi connectivity index (χ0) is 12.3. The molecule has 0 aromatic heterocycles. The molecule has 3 nitrogen and oxygen atoms in total. The lowest BCUT2D eigenvalue weighted by atomic mass is 10.0. The van der Waals surface area contributed by atoms with Gasteiger partial charge in [-0.1, -0.05) is 29.8 Å². The van der Waals surface area contributed by atoms with E-state index in [9.17, 15) is 5.11 Å². The van der Waals surface area contributed by atoms with Crippen LogP contribution in [0.15, 0.2) is 29.3 Å². The summed E-state index contributed by atoms with van der Waals surface area (Å²) < 4.78 is 0. The molecule has 0 saturated heterocycles. The summed E-state index contributed by atoms with van der Waals surface area (Å²) in [6, 6.07) is 8.04. The molecule has 1 aliphatic rings. The van der Waals surface area contributed by atoms with Gasteiger partial charge < -0.3 is 10.0 Å². The van der Waals surface area contributed by atoms with Crippen LogP contribution in [0.2, 0.25) is 0 Å². The fourth-order valence-electron chi connectivity index (χ4n) is 2.15. The number of aliphatic hydroxyl groups excluding tert-OH is 1. The molecule has 1 aliphatic heterocycles. The molecule has 3 heteroatoms. The van der Waals surface area contributed by atoms with Gasteiger partial charge in [0.2, 0.25) is 0 Å². The SMILES string of the molecule is Cc1cccc(C(O)CC2=NCCCN2C)c1. The normalized spacial score (nSPS) is 17.8. The first-order valence-electron chi connectivity index (χ1n) is 6.16. The second-order valence-corrected chi connectivity index (χ2v) is 4.71. The summed E-state index contributed by atoms with van der Waals surface area (Å²) in [4.78, 5) is 6.62. The number of hydrogen-bond donors (Lipinski definition) is 1. The summed E-state index contributed by atoms with van der Waals surface area (Å²) in [5.74, 6) is 1.02. The molecular formula is C14H20N2O. The standard InChI is InChI=1S/C14H20N2O/c1-11-5-3-6-12(9-11)13(17)10-14-15-7-4-8-16(14)2/h3,5-6,9,13,17H,4,7-8,10H2,1-2H3. The predicted octanol–water partition coefficient (Wildman–Crippen LogP) is 2.15. The molecule has 1 unspecified atom stereocenters. The van der Waals surface area contributed by atoms with Crippen LogP contribution in [0.5, 0.6) is 0 Å².